The first-order valence-electron chi connectivity index (χ1n) is 7.06. The highest BCUT2D eigenvalue weighted by Gasteiger charge is 2.15. The molecule has 1 aliphatic heterocycles. The molecule has 0 saturated carbocycles. The Labute approximate surface area is 120 Å². The van der Waals surface area contributed by atoms with Crippen LogP contribution in [0.5, 0.6) is 0 Å². The number of hydrogen-bond donors (Lipinski definition) is 2. The smallest absolute Gasteiger partial charge is 0.170 e. The Kier molecular flexibility index (Phi) is 5.38. The highest BCUT2D eigenvalue weighted by Crippen LogP contribution is 2.14. The van der Waals surface area contributed by atoms with E-state index in [1.165, 1.54) is 18.4 Å². The van der Waals surface area contributed by atoms with Crippen molar-refractivity contribution in [1.29, 1.82) is 0 Å². The van der Waals surface area contributed by atoms with Crippen molar-refractivity contribution in [2.24, 2.45) is 10.9 Å². The first-order chi connectivity index (χ1) is 9.69. The molecule has 1 saturated heterocycles. The Morgan fingerprint density at radius 3 is 2.75 bits per heavy atom. The minimum atomic E-state index is 0.139. The van der Waals surface area contributed by atoms with Crippen molar-refractivity contribution >= 4 is 5.84 Å². The van der Waals surface area contributed by atoms with Gasteiger partial charge in [-0.2, -0.15) is 0 Å². The molecule has 1 fully saturated rings. The predicted octanol–water partition coefficient (Wildman–Crippen LogP) is 1.78. The van der Waals surface area contributed by atoms with Crippen molar-refractivity contribution in [1.82, 2.24) is 4.90 Å². The highest BCUT2D eigenvalue weighted by atomic mass is 16.5. The fourth-order valence-corrected chi connectivity index (χ4v) is 2.51. The zero-order valence-corrected chi connectivity index (χ0v) is 12.0. The van der Waals surface area contributed by atoms with Crippen LogP contribution in [0.3, 0.4) is 0 Å². The van der Waals surface area contributed by atoms with Gasteiger partial charge in [-0.3, -0.25) is 4.90 Å². The van der Waals surface area contributed by atoms with E-state index in [0.29, 0.717) is 6.10 Å². The first kappa shape index (κ1) is 14.8. The summed E-state index contributed by atoms with van der Waals surface area (Å²) >= 11 is 0. The second-order valence-corrected chi connectivity index (χ2v) is 5.37. The molecule has 0 spiro atoms. The SMILES string of the molecule is CN(Cc1ccc(C(N)=NO)cc1)CC1CCCCO1. The van der Waals surface area contributed by atoms with Gasteiger partial charge in [-0.1, -0.05) is 29.4 Å². The van der Waals surface area contributed by atoms with E-state index in [1.54, 1.807) is 0 Å². The second kappa shape index (κ2) is 7.26. The lowest BCUT2D eigenvalue weighted by atomic mass is 10.1. The number of nitrogens with zero attached hydrogens (tertiary/aromatic N) is 2. The van der Waals surface area contributed by atoms with E-state index in [-0.39, 0.29) is 5.84 Å². The fourth-order valence-electron chi connectivity index (χ4n) is 2.51. The summed E-state index contributed by atoms with van der Waals surface area (Å²) in [6, 6.07) is 7.75. The van der Waals surface area contributed by atoms with E-state index in [0.717, 1.165) is 31.7 Å². The molecule has 5 nitrogen and oxygen atoms in total. The van der Waals surface area contributed by atoms with Gasteiger partial charge in [0.15, 0.2) is 5.84 Å². The summed E-state index contributed by atoms with van der Waals surface area (Å²) in [5, 5.41) is 11.6. The molecule has 3 N–H and O–H groups in total. The van der Waals surface area contributed by atoms with Gasteiger partial charge in [0.25, 0.3) is 0 Å². The van der Waals surface area contributed by atoms with Crippen molar-refractivity contribution in [2.75, 3.05) is 20.2 Å². The molecule has 0 aromatic heterocycles. The number of likely N-dealkylation sites (N-methyl/N-ethyl adjacent to an activating group) is 1. The molecule has 1 aliphatic rings. The quantitative estimate of drug-likeness (QED) is 0.372. The average molecular weight is 277 g/mol. The van der Waals surface area contributed by atoms with Crippen LogP contribution < -0.4 is 5.73 Å². The Morgan fingerprint density at radius 1 is 1.40 bits per heavy atom. The lowest BCUT2D eigenvalue weighted by Gasteiger charge is -2.27. The molecule has 0 radical (unpaired) electrons. The minimum Gasteiger partial charge on any atom is -0.409 e. The van der Waals surface area contributed by atoms with Crippen LogP contribution in [0.25, 0.3) is 0 Å². The van der Waals surface area contributed by atoms with Crippen molar-refractivity contribution in [3.05, 3.63) is 35.4 Å². The predicted molar refractivity (Wildman–Crippen MR) is 78.9 cm³/mol. The summed E-state index contributed by atoms with van der Waals surface area (Å²) < 4.78 is 5.75. The van der Waals surface area contributed by atoms with Crippen LogP contribution in [-0.4, -0.2) is 42.2 Å². The van der Waals surface area contributed by atoms with E-state index >= 15 is 0 Å². The van der Waals surface area contributed by atoms with Gasteiger partial charge in [0, 0.05) is 25.3 Å². The Morgan fingerprint density at radius 2 is 2.15 bits per heavy atom. The van der Waals surface area contributed by atoms with Crippen LogP contribution in [0, 0.1) is 0 Å². The molecule has 0 bridgehead atoms. The summed E-state index contributed by atoms with van der Waals surface area (Å²) in [5.74, 6) is 0.139. The van der Waals surface area contributed by atoms with E-state index in [4.69, 9.17) is 15.7 Å². The van der Waals surface area contributed by atoms with Crippen LogP contribution in [0.4, 0.5) is 0 Å². The van der Waals surface area contributed by atoms with Gasteiger partial charge >= 0.3 is 0 Å². The number of ether oxygens (including phenoxy) is 1. The molecule has 1 aromatic rings. The molecule has 5 heteroatoms. The summed E-state index contributed by atoms with van der Waals surface area (Å²) in [4.78, 5) is 2.27. The lowest BCUT2D eigenvalue weighted by molar-refractivity contribution is -0.00259. The molecule has 0 amide bonds. The Bertz CT molecular complexity index is 439. The molecule has 1 aromatic carbocycles. The van der Waals surface area contributed by atoms with Gasteiger partial charge in [0.1, 0.15) is 0 Å². The maximum atomic E-state index is 8.63. The van der Waals surface area contributed by atoms with Gasteiger partial charge in [0.05, 0.1) is 6.10 Å². The van der Waals surface area contributed by atoms with Crippen LogP contribution in [0.15, 0.2) is 29.4 Å². The fraction of sp³-hybridized carbons (Fsp3) is 0.533. The maximum Gasteiger partial charge on any atom is 0.170 e. The summed E-state index contributed by atoms with van der Waals surface area (Å²) in [5.41, 5.74) is 7.48. The topological polar surface area (TPSA) is 71.1 Å². The zero-order valence-electron chi connectivity index (χ0n) is 12.0. The lowest BCUT2D eigenvalue weighted by Crippen LogP contribution is -2.33. The summed E-state index contributed by atoms with van der Waals surface area (Å²) in [7, 11) is 2.11. The van der Waals surface area contributed by atoms with Crippen LogP contribution in [0.2, 0.25) is 0 Å². The molecule has 110 valence electrons. The van der Waals surface area contributed by atoms with E-state index in [2.05, 4.69) is 17.1 Å². The highest BCUT2D eigenvalue weighted by molar-refractivity contribution is 5.96. The third-order valence-electron chi connectivity index (χ3n) is 3.60. The molecule has 1 heterocycles. The number of rotatable bonds is 5. The van der Waals surface area contributed by atoms with E-state index in [9.17, 15) is 0 Å². The summed E-state index contributed by atoms with van der Waals surface area (Å²) in [6.45, 7) is 2.73. The van der Waals surface area contributed by atoms with Gasteiger partial charge in [-0.25, -0.2) is 0 Å². The van der Waals surface area contributed by atoms with Gasteiger partial charge in [0.2, 0.25) is 0 Å². The minimum absolute atomic E-state index is 0.139. The molecule has 1 unspecified atom stereocenters. The molecule has 0 aliphatic carbocycles. The zero-order chi connectivity index (χ0) is 14.4. The van der Waals surface area contributed by atoms with Crippen LogP contribution in [-0.2, 0) is 11.3 Å². The van der Waals surface area contributed by atoms with Gasteiger partial charge in [-0.15, -0.1) is 0 Å². The van der Waals surface area contributed by atoms with Crippen molar-refractivity contribution < 1.29 is 9.94 Å². The van der Waals surface area contributed by atoms with Crippen LogP contribution in [0.1, 0.15) is 30.4 Å². The standard InChI is InChI=1S/C15H23N3O2/c1-18(11-14-4-2-3-9-20-14)10-12-5-7-13(8-6-12)15(16)17-19/h5-8,14,19H,2-4,9-11H2,1H3,(H2,16,17). The monoisotopic (exact) mass is 277 g/mol. The molecular weight excluding hydrogens is 254 g/mol. The summed E-state index contributed by atoms with van der Waals surface area (Å²) in [6.07, 6.45) is 3.99. The Balaban J connectivity index is 1.85. The van der Waals surface area contributed by atoms with Crippen LogP contribution >= 0.6 is 0 Å². The van der Waals surface area contributed by atoms with Crippen molar-refractivity contribution in [3.8, 4) is 0 Å². The van der Waals surface area contributed by atoms with E-state index in [1.807, 2.05) is 24.3 Å². The van der Waals surface area contributed by atoms with Gasteiger partial charge < -0.3 is 15.7 Å². The van der Waals surface area contributed by atoms with E-state index < -0.39 is 0 Å². The van der Waals surface area contributed by atoms with Crippen molar-refractivity contribution in [2.45, 2.75) is 31.9 Å². The number of nitrogens with two attached hydrogens (primary N) is 1. The molecule has 1 atom stereocenters. The first-order valence-corrected chi connectivity index (χ1v) is 7.06. The Hall–Kier alpha value is -1.59. The number of benzene rings is 1. The number of oxime groups is 1. The average Bonchev–Trinajstić information content (AvgIpc) is 2.48. The third kappa shape index (κ3) is 4.21. The second-order valence-electron chi connectivity index (χ2n) is 5.37. The largest absolute Gasteiger partial charge is 0.409 e. The molecule has 2 rings (SSSR count). The number of amidine groups is 1. The number of hydrogen-bond acceptors (Lipinski definition) is 4. The molecular formula is C15H23N3O2. The normalized spacial score (nSPS) is 20.3. The van der Waals surface area contributed by atoms with Gasteiger partial charge in [-0.05, 0) is 31.9 Å². The maximum absolute atomic E-state index is 8.63. The third-order valence-corrected chi connectivity index (χ3v) is 3.60. The molecule has 20 heavy (non-hydrogen) atoms. The van der Waals surface area contributed by atoms with Crippen molar-refractivity contribution in [3.63, 3.8) is 0 Å².